The number of hydrogen-bond donors (Lipinski definition) is 1. The van der Waals surface area contributed by atoms with E-state index in [0.29, 0.717) is 6.61 Å². The van der Waals surface area contributed by atoms with Gasteiger partial charge in [0.15, 0.2) is 0 Å². The van der Waals surface area contributed by atoms with Gasteiger partial charge in [-0.25, -0.2) is 0 Å². The molecule has 0 aliphatic rings. The molecule has 0 spiro atoms. The first kappa shape index (κ1) is 15.4. The molecule has 0 aliphatic carbocycles. The van der Waals surface area contributed by atoms with Crippen LogP contribution >= 0.6 is 0 Å². The van der Waals surface area contributed by atoms with Gasteiger partial charge in [-0.15, -0.1) is 0 Å². The number of anilines is 1. The number of benzene rings is 2. The van der Waals surface area contributed by atoms with Crippen LogP contribution in [0.4, 0.5) is 5.69 Å². The van der Waals surface area contributed by atoms with Crippen LogP contribution in [0.3, 0.4) is 0 Å². The summed E-state index contributed by atoms with van der Waals surface area (Å²) in [4.78, 5) is 0. The highest BCUT2D eigenvalue weighted by molar-refractivity contribution is 5.52. The Morgan fingerprint density at radius 2 is 1.86 bits per heavy atom. The van der Waals surface area contributed by atoms with Crippen molar-refractivity contribution in [3.05, 3.63) is 59.2 Å². The van der Waals surface area contributed by atoms with Gasteiger partial charge in [0.2, 0.25) is 0 Å². The molecule has 3 heteroatoms. The highest BCUT2D eigenvalue weighted by atomic mass is 16.5. The maximum atomic E-state index is 5.51. The van der Waals surface area contributed by atoms with E-state index in [-0.39, 0.29) is 0 Å². The molecule has 0 radical (unpaired) electrons. The summed E-state index contributed by atoms with van der Waals surface area (Å²) >= 11 is 0. The lowest BCUT2D eigenvalue weighted by molar-refractivity contribution is 0.134. The Morgan fingerprint density at radius 1 is 1.05 bits per heavy atom. The zero-order valence-electron chi connectivity index (χ0n) is 13.0. The molecule has 0 aliphatic heterocycles. The van der Waals surface area contributed by atoms with E-state index in [1.807, 2.05) is 25.1 Å². The lowest BCUT2D eigenvalue weighted by Gasteiger charge is -2.14. The third-order valence-electron chi connectivity index (χ3n) is 3.38. The fourth-order valence-electron chi connectivity index (χ4n) is 2.27. The van der Waals surface area contributed by atoms with Gasteiger partial charge >= 0.3 is 0 Å². The second-order valence-electron chi connectivity index (χ2n) is 4.96. The van der Waals surface area contributed by atoms with Crippen molar-refractivity contribution in [1.82, 2.24) is 0 Å². The number of aryl methyl sites for hydroxylation is 1. The Kier molecular flexibility index (Phi) is 5.64. The summed E-state index contributed by atoms with van der Waals surface area (Å²) in [6.45, 7) is 6.18. The average Bonchev–Trinajstić information content (AvgIpc) is 2.52. The third-order valence-corrected chi connectivity index (χ3v) is 3.38. The van der Waals surface area contributed by atoms with Crippen molar-refractivity contribution in [1.29, 1.82) is 0 Å². The molecule has 0 atom stereocenters. The molecule has 0 unspecified atom stereocenters. The van der Waals surface area contributed by atoms with Crippen molar-refractivity contribution in [2.45, 2.75) is 27.0 Å². The number of rotatable bonds is 7. The fourth-order valence-corrected chi connectivity index (χ4v) is 2.27. The van der Waals surface area contributed by atoms with Gasteiger partial charge < -0.3 is 14.8 Å². The molecular weight excluding hydrogens is 262 g/mol. The normalized spacial score (nSPS) is 10.4. The molecule has 0 heterocycles. The number of hydrogen-bond acceptors (Lipinski definition) is 3. The Labute approximate surface area is 126 Å². The van der Waals surface area contributed by atoms with Crippen molar-refractivity contribution >= 4 is 5.69 Å². The molecule has 21 heavy (non-hydrogen) atoms. The van der Waals surface area contributed by atoms with Crippen LogP contribution < -0.4 is 10.1 Å². The van der Waals surface area contributed by atoms with Crippen LogP contribution in [0, 0.1) is 6.92 Å². The molecule has 2 rings (SSSR count). The molecule has 0 fully saturated rings. The van der Waals surface area contributed by atoms with Gasteiger partial charge in [0, 0.05) is 30.0 Å². The minimum absolute atomic E-state index is 0.630. The Bertz CT molecular complexity index is 581. The van der Waals surface area contributed by atoms with E-state index in [1.165, 1.54) is 11.1 Å². The first-order valence-corrected chi connectivity index (χ1v) is 7.27. The van der Waals surface area contributed by atoms with Gasteiger partial charge in [-0.3, -0.25) is 0 Å². The molecule has 3 nitrogen and oxygen atoms in total. The first-order chi connectivity index (χ1) is 10.2. The molecule has 1 N–H and O–H groups in total. The second kappa shape index (κ2) is 7.70. The monoisotopic (exact) mass is 285 g/mol. The smallest absolute Gasteiger partial charge is 0.123 e. The summed E-state index contributed by atoms with van der Waals surface area (Å²) in [6, 6.07) is 14.5. The van der Waals surface area contributed by atoms with Crippen molar-refractivity contribution in [2.75, 3.05) is 19.0 Å². The molecule has 0 saturated heterocycles. The fraction of sp³-hybridized carbons (Fsp3) is 0.333. The van der Waals surface area contributed by atoms with Gasteiger partial charge in [-0.2, -0.15) is 0 Å². The molecule has 0 saturated carbocycles. The second-order valence-corrected chi connectivity index (χ2v) is 4.96. The molecule has 2 aromatic carbocycles. The van der Waals surface area contributed by atoms with Crippen molar-refractivity contribution < 1.29 is 9.47 Å². The topological polar surface area (TPSA) is 30.5 Å². The summed E-state index contributed by atoms with van der Waals surface area (Å²) < 4.78 is 10.9. The number of nitrogens with one attached hydrogen (secondary N) is 1. The van der Waals surface area contributed by atoms with E-state index < -0.39 is 0 Å². The average molecular weight is 285 g/mol. The standard InChI is InChI=1S/C18H23NO2/c1-4-21-13-15-7-5-6-8-17(15)19-12-16-11-14(2)9-10-18(16)20-3/h5-11,19H,4,12-13H2,1-3H3. The Balaban J connectivity index is 2.11. The van der Waals surface area contributed by atoms with Crippen LogP contribution in [0.25, 0.3) is 0 Å². The van der Waals surface area contributed by atoms with Crippen LogP contribution in [0.5, 0.6) is 5.75 Å². The van der Waals surface area contributed by atoms with E-state index in [0.717, 1.165) is 30.2 Å². The SMILES string of the molecule is CCOCc1ccccc1NCc1cc(C)ccc1OC. The van der Waals surface area contributed by atoms with E-state index in [2.05, 4.69) is 36.5 Å². The first-order valence-electron chi connectivity index (χ1n) is 7.27. The highest BCUT2D eigenvalue weighted by Crippen LogP contribution is 2.22. The Hall–Kier alpha value is -2.00. The highest BCUT2D eigenvalue weighted by Gasteiger charge is 2.05. The van der Waals surface area contributed by atoms with E-state index >= 15 is 0 Å². The number of para-hydroxylation sites is 1. The number of ether oxygens (including phenoxy) is 2. The quantitative estimate of drug-likeness (QED) is 0.829. The van der Waals surface area contributed by atoms with Gasteiger partial charge in [-0.1, -0.05) is 35.9 Å². The van der Waals surface area contributed by atoms with E-state index in [1.54, 1.807) is 7.11 Å². The predicted molar refractivity (Wildman–Crippen MR) is 86.8 cm³/mol. The number of methoxy groups -OCH3 is 1. The van der Waals surface area contributed by atoms with E-state index in [9.17, 15) is 0 Å². The van der Waals surface area contributed by atoms with E-state index in [4.69, 9.17) is 9.47 Å². The van der Waals surface area contributed by atoms with Gasteiger partial charge in [0.05, 0.1) is 13.7 Å². The summed E-state index contributed by atoms with van der Waals surface area (Å²) in [6.07, 6.45) is 0. The molecule has 2 aromatic rings. The maximum Gasteiger partial charge on any atom is 0.123 e. The predicted octanol–water partition coefficient (Wildman–Crippen LogP) is 4.15. The van der Waals surface area contributed by atoms with Crippen LogP contribution in [0.1, 0.15) is 23.6 Å². The lowest BCUT2D eigenvalue weighted by atomic mass is 10.1. The summed E-state index contributed by atoms with van der Waals surface area (Å²) in [5.41, 5.74) is 4.67. The zero-order valence-corrected chi connectivity index (χ0v) is 13.0. The van der Waals surface area contributed by atoms with Crippen molar-refractivity contribution in [2.24, 2.45) is 0 Å². The van der Waals surface area contributed by atoms with Crippen LogP contribution in [0.2, 0.25) is 0 Å². The van der Waals surface area contributed by atoms with Crippen molar-refractivity contribution in [3.63, 3.8) is 0 Å². The summed E-state index contributed by atoms with van der Waals surface area (Å²) in [5, 5.41) is 3.48. The minimum atomic E-state index is 0.630. The molecular formula is C18H23NO2. The molecule has 0 amide bonds. The van der Waals surface area contributed by atoms with Gasteiger partial charge in [0.25, 0.3) is 0 Å². The van der Waals surface area contributed by atoms with Crippen LogP contribution in [-0.4, -0.2) is 13.7 Å². The summed E-state index contributed by atoms with van der Waals surface area (Å²) in [5.74, 6) is 0.912. The van der Waals surface area contributed by atoms with Gasteiger partial charge in [-0.05, 0) is 26.0 Å². The third kappa shape index (κ3) is 4.23. The zero-order chi connectivity index (χ0) is 15.1. The largest absolute Gasteiger partial charge is 0.496 e. The lowest BCUT2D eigenvalue weighted by Crippen LogP contribution is -2.05. The molecule has 0 bridgehead atoms. The Morgan fingerprint density at radius 3 is 2.62 bits per heavy atom. The van der Waals surface area contributed by atoms with Crippen molar-refractivity contribution in [3.8, 4) is 5.75 Å². The molecule has 0 aromatic heterocycles. The van der Waals surface area contributed by atoms with Gasteiger partial charge in [0.1, 0.15) is 5.75 Å². The maximum absolute atomic E-state index is 5.51. The van der Waals surface area contributed by atoms with Crippen LogP contribution in [-0.2, 0) is 17.9 Å². The summed E-state index contributed by atoms with van der Waals surface area (Å²) in [7, 11) is 1.71. The minimum Gasteiger partial charge on any atom is -0.496 e. The van der Waals surface area contributed by atoms with Crippen LogP contribution in [0.15, 0.2) is 42.5 Å². The molecule has 112 valence electrons.